The molecule has 19 heavy (non-hydrogen) atoms. The lowest BCUT2D eigenvalue weighted by molar-refractivity contribution is 0.0697. The number of hydrogen-bond acceptors (Lipinski definition) is 3. The Morgan fingerprint density at radius 1 is 1.37 bits per heavy atom. The van der Waals surface area contributed by atoms with E-state index in [0.717, 1.165) is 17.0 Å². The van der Waals surface area contributed by atoms with Gasteiger partial charge in [0.15, 0.2) is 0 Å². The van der Waals surface area contributed by atoms with Crippen molar-refractivity contribution in [3.05, 3.63) is 53.5 Å². The summed E-state index contributed by atoms with van der Waals surface area (Å²) in [7, 11) is 0. The SMILES string of the molecule is CCN(Cc1ccco1)c1cc(C)ccc1C(=O)O. The van der Waals surface area contributed by atoms with Gasteiger partial charge in [0.25, 0.3) is 0 Å². The van der Waals surface area contributed by atoms with E-state index in [0.29, 0.717) is 18.7 Å². The smallest absolute Gasteiger partial charge is 0.337 e. The molecule has 1 aromatic heterocycles. The third kappa shape index (κ3) is 2.96. The topological polar surface area (TPSA) is 53.7 Å². The molecule has 0 aliphatic carbocycles. The Labute approximate surface area is 112 Å². The van der Waals surface area contributed by atoms with Crippen LogP contribution in [0, 0.1) is 6.92 Å². The van der Waals surface area contributed by atoms with Gasteiger partial charge in [-0.1, -0.05) is 6.07 Å². The van der Waals surface area contributed by atoms with E-state index < -0.39 is 5.97 Å². The molecule has 0 unspecified atom stereocenters. The van der Waals surface area contributed by atoms with Crippen LogP contribution in [0.25, 0.3) is 0 Å². The lowest BCUT2D eigenvalue weighted by atomic mass is 10.1. The summed E-state index contributed by atoms with van der Waals surface area (Å²) in [6.07, 6.45) is 1.62. The molecule has 2 rings (SSSR count). The fraction of sp³-hybridized carbons (Fsp3) is 0.267. The van der Waals surface area contributed by atoms with Crippen LogP contribution in [0.3, 0.4) is 0 Å². The van der Waals surface area contributed by atoms with Gasteiger partial charge < -0.3 is 14.4 Å². The van der Waals surface area contributed by atoms with Crippen LogP contribution in [0.1, 0.15) is 28.6 Å². The van der Waals surface area contributed by atoms with Crippen LogP contribution in [0.2, 0.25) is 0 Å². The third-order valence-corrected chi connectivity index (χ3v) is 3.03. The number of carbonyl (C=O) groups is 1. The monoisotopic (exact) mass is 259 g/mol. The molecule has 1 heterocycles. The zero-order valence-electron chi connectivity index (χ0n) is 11.1. The van der Waals surface area contributed by atoms with Gasteiger partial charge >= 0.3 is 5.97 Å². The molecule has 0 aliphatic rings. The van der Waals surface area contributed by atoms with Gasteiger partial charge in [-0.2, -0.15) is 0 Å². The molecule has 0 bridgehead atoms. The van der Waals surface area contributed by atoms with Gasteiger partial charge in [0.2, 0.25) is 0 Å². The van der Waals surface area contributed by atoms with Gasteiger partial charge in [0.1, 0.15) is 5.76 Å². The van der Waals surface area contributed by atoms with E-state index in [2.05, 4.69) is 0 Å². The van der Waals surface area contributed by atoms with Crippen molar-refractivity contribution in [2.24, 2.45) is 0 Å². The standard InChI is InChI=1S/C15H17NO3/c1-3-16(10-12-5-4-8-19-12)14-9-11(2)6-7-13(14)15(17)18/h4-9H,3,10H2,1-2H3,(H,17,18). The third-order valence-electron chi connectivity index (χ3n) is 3.03. The van der Waals surface area contributed by atoms with Gasteiger partial charge in [-0.3, -0.25) is 0 Å². The molecule has 0 fully saturated rings. The maximum atomic E-state index is 11.3. The average Bonchev–Trinajstić information content (AvgIpc) is 2.88. The molecule has 0 saturated heterocycles. The quantitative estimate of drug-likeness (QED) is 0.895. The number of carboxylic acids is 1. The summed E-state index contributed by atoms with van der Waals surface area (Å²) in [6.45, 7) is 5.23. The summed E-state index contributed by atoms with van der Waals surface area (Å²) in [5, 5.41) is 9.28. The summed E-state index contributed by atoms with van der Waals surface area (Å²) in [5.41, 5.74) is 2.09. The van der Waals surface area contributed by atoms with Gasteiger partial charge in [-0.25, -0.2) is 4.79 Å². The number of aryl methyl sites for hydroxylation is 1. The van der Waals surface area contributed by atoms with Crippen molar-refractivity contribution < 1.29 is 14.3 Å². The van der Waals surface area contributed by atoms with Gasteiger partial charge in [-0.05, 0) is 43.7 Å². The number of nitrogens with zero attached hydrogens (tertiary/aromatic N) is 1. The molecule has 0 amide bonds. The Kier molecular flexibility index (Phi) is 3.90. The van der Waals surface area contributed by atoms with Crippen molar-refractivity contribution in [3.63, 3.8) is 0 Å². The second kappa shape index (κ2) is 5.61. The van der Waals surface area contributed by atoms with Crippen LogP contribution in [0.15, 0.2) is 41.0 Å². The normalized spacial score (nSPS) is 10.4. The van der Waals surface area contributed by atoms with E-state index >= 15 is 0 Å². The Bertz CT molecular complexity index is 561. The number of aromatic carboxylic acids is 1. The Morgan fingerprint density at radius 2 is 2.16 bits per heavy atom. The largest absolute Gasteiger partial charge is 0.478 e. The van der Waals surface area contributed by atoms with Gasteiger partial charge in [-0.15, -0.1) is 0 Å². The lowest BCUT2D eigenvalue weighted by Crippen LogP contribution is -2.24. The molecule has 0 saturated carbocycles. The first-order chi connectivity index (χ1) is 9.11. The Morgan fingerprint density at radius 3 is 2.74 bits per heavy atom. The summed E-state index contributed by atoms with van der Waals surface area (Å²) in [6, 6.07) is 9.08. The molecule has 0 spiro atoms. The summed E-state index contributed by atoms with van der Waals surface area (Å²) >= 11 is 0. The zero-order valence-corrected chi connectivity index (χ0v) is 11.1. The van der Waals surface area contributed by atoms with Crippen molar-refractivity contribution in [1.82, 2.24) is 0 Å². The van der Waals surface area contributed by atoms with Crippen molar-refractivity contribution >= 4 is 11.7 Å². The van der Waals surface area contributed by atoms with E-state index in [4.69, 9.17) is 4.42 Å². The van der Waals surface area contributed by atoms with E-state index in [9.17, 15) is 9.90 Å². The number of benzene rings is 1. The van der Waals surface area contributed by atoms with E-state index in [1.807, 2.05) is 43.0 Å². The minimum absolute atomic E-state index is 0.319. The fourth-order valence-corrected chi connectivity index (χ4v) is 2.04. The van der Waals surface area contributed by atoms with Crippen molar-refractivity contribution in [2.75, 3.05) is 11.4 Å². The van der Waals surface area contributed by atoms with Crippen LogP contribution >= 0.6 is 0 Å². The minimum atomic E-state index is -0.909. The summed E-state index contributed by atoms with van der Waals surface area (Å²) < 4.78 is 5.33. The van der Waals surface area contributed by atoms with Crippen LogP contribution in [0.4, 0.5) is 5.69 Å². The highest BCUT2D eigenvalue weighted by atomic mass is 16.4. The predicted molar refractivity (Wildman–Crippen MR) is 73.6 cm³/mol. The molecule has 4 heteroatoms. The number of anilines is 1. The predicted octanol–water partition coefficient (Wildman–Crippen LogP) is 3.31. The summed E-state index contributed by atoms with van der Waals surface area (Å²) in [5.74, 6) is -0.0902. The van der Waals surface area contributed by atoms with Crippen molar-refractivity contribution in [3.8, 4) is 0 Å². The molecular weight excluding hydrogens is 242 g/mol. The van der Waals surface area contributed by atoms with Gasteiger partial charge in [0, 0.05) is 6.54 Å². The number of hydrogen-bond donors (Lipinski definition) is 1. The van der Waals surface area contributed by atoms with Crippen molar-refractivity contribution in [2.45, 2.75) is 20.4 Å². The Hall–Kier alpha value is -2.23. The molecular formula is C15H17NO3. The number of rotatable bonds is 5. The first-order valence-electron chi connectivity index (χ1n) is 6.23. The molecule has 2 aromatic rings. The lowest BCUT2D eigenvalue weighted by Gasteiger charge is -2.24. The first-order valence-corrected chi connectivity index (χ1v) is 6.23. The maximum Gasteiger partial charge on any atom is 0.337 e. The van der Waals surface area contributed by atoms with E-state index in [1.54, 1.807) is 12.3 Å². The van der Waals surface area contributed by atoms with Crippen LogP contribution < -0.4 is 4.90 Å². The molecule has 1 aromatic carbocycles. The highest BCUT2D eigenvalue weighted by molar-refractivity contribution is 5.94. The van der Waals surface area contributed by atoms with E-state index in [1.165, 1.54) is 0 Å². The molecule has 0 atom stereocenters. The first kappa shape index (κ1) is 13.2. The highest BCUT2D eigenvalue weighted by Gasteiger charge is 2.16. The molecule has 4 nitrogen and oxygen atoms in total. The molecule has 0 aliphatic heterocycles. The number of carboxylic acid groups (broad SMARTS) is 1. The molecule has 0 radical (unpaired) electrons. The maximum absolute atomic E-state index is 11.3. The van der Waals surface area contributed by atoms with Gasteiger partial charge in [0.05, 0.1) is 24.1 Å². The fourth-order valence-electron chi connectivity index (χ4n) is 2.04. The second-order valence-electron chi connectivity index (χ2n) is 4.42. The van der Waals surface area contributed by atoms with Crippen LogP contribution in [0.5, 0.6) is 0 Å². The van der Waals surface area contributed by atoms with Crippen molar-refractivity contribution in [1.29, 1.82) is 0 Å². The highest BCUT2D eigenvalue weighted by Crippen LogP contribution is 2.24. The molecule has 1 N–H and O–H groups in total. The summed E-state index contributed by atoms with van der Waals surface area (Å²) in [4.78, 5) is 13.3. The second-order valence-corrected chi connectivity index (χ2v) is 4.42. The van der Waals surface area contributed by atoms with Crippen LogP contribution in [-0.4, -0.2) is 17.6 Å². The average molecular weight is 259 g/mol. The van der Waals surface area contributed by atoms with E-state index in [-0.39, 0.29) is 0 Å². The van der Waals surface area contributed by atoms with Crippen LogP contribution in [-0.2, 0) is 6.54 Å². The zero-order chi connectivity index (χ0) is 13.8. The number of furan rings is 1. The minimum Gasteiger partial charge on any atom is -0.478 e. The Balaban J connectivity index is 2.36. The molecule has 100 valence electrons.